The second-order valence-electron chi connectivity index (χ2n) is 8.35. The number of rotatable bonds is 9. The molecule has 0 spiro atoms. The van der Waals surface area contributed by atoms with E-state index in [9.17, 15) is 29.0 Å². The third-order valence-electron chi connectivity index (χ3n) is 6.18. The van der Waals surface area contributed by atoms with Gasteiger partial charge in [0.25, 0.3) is 11.8 Å². The number of halogens is 1. The molecule has 2 atom stereocenters. The van der Waals surface area contributed by atoms with Gasteiger partial charge in [-0.1, -0.05) is 48.5 Å². The van der Waals surface area contributed by atoms with Crippen molar-refractivity contribution < 1.29 is 29.0 Å². The molecule has 1 aliphatic rings. The van der Waals surface area contributed by atoms with Crippen molar-refractivity contribution in [2.75, 3.05) is 6.54 Å². The van der Waals surface area contributed by atoms with Crippen LogP contribution in [-0.4, -0.2) is 45.5 Å². The van der Waals surface area contributed by atoms with E-state index in [0.29, 0.717) is 17.5 Å². The Balaban J connectivity index is 1.34. The molecule has 0 saturated heterocycles. The first kappa shape index (κ1) is 23.3. The Morgan fingerprint density at radius 1 is 0.824 bits per heavy atom. The van der Waals surface area contributed by atoms with Crippen molar-refractivity contribution in [1.82, 2.24) is 4.90 Å². The number of nitrogens with zero attached hydrogens (tertiary/aromatic N) is 1. The predicted octanol–water partition coefficient (Wildman–Crippen LogP) is 4.17. The second kappa shape index (κ2) is 9.97. The van der Waals surface area contributed by atoms with Crippen LogP contribution in [0.25, 0.3) is 11.1 Å². The topological polar surface area (TPSA) is 94.9 Å². The number of hydrogen-bond donors (Lipinski definition) is 2. The Morgan fingerprint density at radius 2 is 1.35 bits per heavy atom. The molecule has 0 radical (unpaired) electrons. The number of aryl methyl sites for hydroxylation is 1. The van der Waals surface area contributed by atoms with Gasteiger partial charge in [-0.25, -0.2) is 4.39 Å². The fourth-order valence-electron chi connectivity index (χ4n) is 4.21. The lowest BCUT2D eigenvalue weighted by Gasteiger charge is -2.22. The molecule has 2 N–H and O–H groups in total. The summed E-state index contributed by atoms with van der Waals surface area (Å²) in [6.07, 6.45) is -0.494. The molecular formula is C27H24FNO5. The molecule has 1 unspecified atom stereocenters. The summed E-state index contributed by atoms with van der Waals surface area (Å²) in [7, 11) is 0. The molecule has 34 heavy (non-hydrogen) atoms. The molecule has 1 aliphatic heterocycles. The average molecular weight is 461 g/mol. The molecule has 174 valence electrons. The van der Waals surface area contributed by atoms with Crippen LogP contribution in [0.2, 0.25) is 0 Å². The molecule has 0 fully saturated rings. The van der Waals surface area contributed by atoms with Crippen molar-refractivity contribution in [2.24, 2.45) is 5.92 Å². The van der Waals surface area contributed by atoms with E-state index < -0.39 is 29.8 Å². The summed E-state index contributed by atoms with van der Waals surface area (Å²) in [6, 6.07) is 20.2. The van der Waals surface area contributed by atoms with Crippen LogP contribution in [0.1, 0.15) is 39.1 Å². The Hall–Kier alpha value is -3.84. The lowest BCUT2D eigenvalue weighted by molar-refractivity contribution is -0.146. The van der Waals surface area contributed by atoms with Crippen LogP contribution in [0.5, 0.6) is 0 Å². The summed E-state index contributed by atoms with van der Waals surface area (Å²) in [5, 5.41) is 20.2. The van der Waals surface area contributed by atoms with E-state index in [4.69, 9.17) is 0 Å². The van der Waals surface area contributed by atoms with Gasteiger partial charge in [-0.15, -0.1) is 0 Å². The summed E-state index contributed by atoms with van der Waals surface area (Å²) in [4.78, 5) is 37.8. The van der Waals surface area contributed by atoms with Gasteiger partial charge in [-0.05, 0) is 60.2 Å². The Bertz CT molecular complexity index is 1170. The number of benzene rings is 3. The quantitative estimate of drug-likeness (QED) is 0.467. The number of aliphatic hydroxyl groups is 1. The van der Waals surface area contributed by atoms with Gasteiger partial charge < -0.3 is 10.2 Å². The van der Waals surface area contributed by atoms with Gasteiger partial charge in [0.1, 0.15) is 5.82 Å². The van der Waals surface area contributed by atoms with Gasteiger partial charge in [-0.3, -0.25) is 19.3 Å². The Labute approximate surface area is 196 Å². The van der Waals surface area contributed by atoms with Crippen LogP contribution in [0.3, 0.4) is 0 Å². The highest BCUT2D eigenvalue weighted by molar-refractivity contribution is 6.21. The fourth-order valence-corrected chi connectivity index (χ4v) is 4.21. The van der Waals surface area contributed by atoms with E-state index >= 15 is 0 Å². The molecule has 0 saturated carbocycles. The first-order valence-corrected chi connectivity index (χ1v) is 11.1. The number of aliphatic carboxylic acids is 1. The summed E-state index contributed by atoms with van der Waals surface area (Å²) in [5.41, 5.74) is 3.35. The maximum absolute atomic E-state index is 13.1. The van der Waals surface area contributed by atoms with Crippen molar-refractivity contribution in [2.45, 2.75) is 25.4 Å². The number of carboxylic acids is 1. The maximum Gasteiger partial charge on any atom is 0.309 e. The van der Waals surface area contributed by atoms with E-state index in [0.717, 1.165) is 21.6 Å². The van der Waals surface area contributed by atoms with Crippen molar-refractivity contribution >= 4 is 17.8 Å². The molecule has 7 heteroatoms. The average Bonchev–Trinajstić information content (AvgIpc) is 3.08. The molecule has 0 bridgehead atoms. The van der Waals surface area contributed by atoms with Crippen LogP contribution in [0.4, 0.5) is 4.39 Å². The van der Waals surface area contributed by atoms with Gasteiger partial charge in [0.2, 0.25) is 0 Å². The SMILES string of the molecule is O=C(O)[C@H](CCN1C(=O)c2ccccc2C1=O)C(O)CCc1ccc(-c2ccc(F)cc2)cc1. The van der Waals surface area contributed by atoms with Crippen LogP contribution < -0.4 is 0 Å². The minimum atomic E-state index is -1.17. The molecular weight excluding hydrogens is 437 g/mol. The van der Waals surface area contributed by atoms with Gasteiger partial charge in [-0.2, -0.15) is 0 Å². The largest absolute Gasteiger partial charge is 0.481 e. The minimum absolute atomic E-state index is 0.0362. The highest BCUT2D eigenvalue weighted by Gasteiger charge is 2.36. The highest BCUT2D eigenvalue weighted by atomic mass is 19.1. The number of amides is 2. The van der Waals surface area contributed by atoms with E-state index in [1.807, 2.05) is 24.3 Å². The first-order valence-electron chi connectivity index (χ1n) is 11.1. The number of carboxylic acid groups (broad SMARTS) is 1. The van der Waals surface area contributed by atoms with Crippen LogP contribution in [-0.2, 0) is 11.2 Å². The molecule has 3 aromatic carbocycles. The summed E-state index contributed by atoms with van der Waals surface area (Å²) in [6.45, 7) is -0.0766. The molecule has 6 nitrogen and oxygen atoms in total. The maximum atomic E-state index is 13.1. The second-order valence-corrected chi connectivity index (χ2v) is 8.35. The highest BCUT2D eigenvalue weighted by Crippen LogP contribution is 2.25. The molecule has 3 aromatic rings. The van der Waals surface area contributed by atoms with Gasteiger partial charge in [0.15, 0.2) is 0 Å². The van der Waals surface area contributed by atoms with Crippen molar-refractivity contribution in [3.05, 3.63) is 95.3 Å². The molecule has 0 aliphatic carbocycles. The number of hydrogen-bond acceptors (Lipinski definition) is 4. The molecule has 2 amide bonds. The van der Waals surface area contributed by atoms with E-state index in [1.165, 1.54) is 12.1 Å². The number of fused-ring (bicyclic) bond motifs is 1. The van der Waals surface area contributed by atoms with E-state index in [-0.39, 0.29) is 25.2 Å². The first-order chi connectivity index (χ1) is 16.3. The monoisotopic (exact) mass is 461 g/mol. The van der Waals surface area contributed by atoms with Gasteiger partial charge in [0.05, 0.1) is 23.1 Å². The molecule has 0 aromatic heterocycles. The summed E-state index contributed by atoms with van der Waals surface area (Å²) in [5.74, 6) is -3.47. The zero-order valence-corrected chi connectivity index (χ0v) is 18.4. The molecule has 4 rings (SSSR count). The van der Waals surface area contributed by atoms with Gasteiger partial charge >= 0.3 is 5.97 Å². The summed E-state index contributed by atoms with van der Waals surface area (Å²) >= 11 is 0. The standard InChI is InChI=1S/C27H24FNO5/c28-20-12-10-19(11-13-20)18-8-5-17(6-9-18)7-14-24(30)23(27(33)34)15-16-29-25(31)21-3-1-2-4-22(21)26(29)32/h1-6,8-13,23-24,30H,7,14-16H2,(H,33,34)/t23-,24?/m1/s1. The van der Waals surface area contributed by atoms with Crippen molar-refractivity contribution in [3.8, 4) is 11.1 Å². The zero-order valence-electron chi connectivity index (χ0n) is 18.4. The predicted molar refractivity (Wildman–Crippen MR) is 124 cm³/mol. The zero-order chi connectivity index (χ0) is 24.2. The van der Waals surface area contributed by atoms with Crippen LogP contribution >= 0.6 is 0 Å². The van der Waals surface area contributed by atoms with Gasteiger partial charge in [0, 0.05) is 6.54 Å². The number of carbonyl (C=O) groups excluding carboxylic acids is 2. The van der Waals surface area contributed by atoms with Crippen molar-refractivity contribution in [1.29, 1.82) is 0 Å². The normalized spacial score (nSPS) is 14.7. The Morgan fingerprint density at radius 3 is 1.88 bits per heavy atom. The number of imide groups is 1. The smallest absolute Gasteiger partial charge is 0.309 e. The van der Waals surface area contributed by atoms with E-state index in [1.54, 1.807) is 36.4 Å². The van der Waals surface area contributed by atoms with Crippen LogP contribution in [0, 0.1) is 11.7 Å². The summed E-state index contributed by atoms with van der Waals surface area (Å²) < 4.78 is 13.1. The minimum Gasteiger partial charge on any atom is -0.481 e. The third-order valence-corrected chi connectivity index (χ3v) is 6.18. The fraction of sp³-hybridized carbons (Fsp3) is 0.222. The van der Waals surface area contributed by atoms with Crippen molar-refractivity contribution in [3.63, 3.8) is 0 Å². The third kappa shape index (κ3) is 4.89. The molecule has 1 heterocycles. The van der Waals surface area contributed by atoms with E-state index in [2.05, 4.69) is 0 Å². The number of aliphatic hydroxyl groups excluding tert-OH is 1. The Kier molecular flexibility index (Phi) is 6.84. The lowest BCUT2D eigenvalue weighted by atomic mass is 9.93. The van der Waals surface area contributed by atoms with Crippen LogP contribution in [0.15, 0.2) is 72.8 Å². The lowest BCUT2D eigenvalue weighted by Crippen LogP contribution is -2.36. The number of carbonyl (C=O) groups is 3.